The first-order chi connectivity index (χ1) is 24.3. The van der Waals surface area contributed by atoms with Crippen molar-refractivity contribution in [1.29, 1.82) is 0 Å². The Morgan fingerprint density at radius 3 is 1.24 bits per heavy atom. The van der Waals surface area contributed by atoms with Crippen LogP contribution in [0.5, 0.6) is 0 Å². The van der Waals surface area contributed by atoms with Gasteiger partial charge < -0.3 is 76.2 Å². The molecular weight excluding hydrogens is 676 g/mol. The van der Waals surface area contributed by atoms with Gasteiger partial charge in [0.2, 0.25) is 0 Å². The molecule has 0 rings (SSSR count). The second-order valence-electron chi connectivity index (χ2n) is 14.1. The number of hydrogen-bond acceptors (Lipinski definition) is 16. The SMILES string of the molecule is O=C(OCC(O)CO)C(CC(O)CO)C(CC(O)CO)C(CC(O)CO)C(CC(O)CO)C(CCCCCCCCCC(O)CO)CC(O)CO. The highest BCUT2D eigenvalue weighted by Crippen LogP contribution is 2.45. The van der Waals surface area contributed by atoms with E-state index in [-0.39, 0.29) is 32.3 Å². The van der Waals surface area contributed by atoms with Gasteiger partial charge in [0.05, 0.1) is 88.8 Å². The molecule has 0 radical (unpaired) electrons. The second kappa shape index (κ2) is 30.3. The standard InChI is InChI=1S/C35H70O16/c36-15-24(43)9-7-5-3-1-2-4-6-8-23(10-25(44)16-37)31(11-26(45)17-38)32(12-27(46)18-39)33(13-28(47)19-40)34(14-29(48)20-41)35(50)51-22-30(49)21-42/h23-34,36-49H,1-22H2. The van der Waals surface area contributed by atoms with Crippen molar-refractivity contribution < 1.29 is 81.0 Å². The van der Waals surface area contributed by atoms with Crippen LogP contribution in [0.25, 0.3) is 0 Å². The predicted octanol–water partition coefficient (Wildman–Crippen LogP) is -2.46. The van der Waals surface area contributed by atoms with Crippen molar-refractivity contribution in [3.05, 3.63) is 0 Å². The average Bonchev–Trinajstić information content (AvgIpc) is 3.14. The summed E-state index contributed by atoms with van der Waals surface area (Å²) in [6, 6.07) is 0. The minimum absolute atomic E-state index is 0.0184. The van der Waals surface area contributed by atoms with Gasteiger partial charge >= 0.3 is 5.97 Å². The molecule has 0 spiro atoms. The third kappa shape index (κ3) is 22.0. The first-order valence-corrected chi connectivity index (χ1v) is 18.5. The van der Waals surface area contributed by atoms with Crippen LogP contribution in [0, 0.1) is 29.6 Å². The van der Waals surface area contributed by atoms with Gasteiger partial charge in [0.1, 0.15) is 12.7 Å². The van der Waals surface area contributed by atoms with E-state index in [0.29, 0.717) is 19.3 Å². The maximum atomic E-state index is 13.6. The molecule has 0 heterocycles. The fourth-order valence-corrected chi connectivity index (χ4v) is 7.03. The molecule has 0 bridgehead atoms. The zero-order valence-corrected chi connectivity index (χ0v) is 30.1. The Morgan fingerprint density at radius 1 is 0.392 bits per heavy atom. The van der Waals surface area contributed by atoms with Crippen molar-refractivity contribution in [1.82, 2.24) is 0 Å². The summed E-state index contributed by atoms with van der Waals surface area (Å²) >= 11 is 0. The maximum Gasteiger partial charge on any atom is 0.309 e. The van der Waals surface area contributed by atoms with Crippen LogP contribution in [-0.4, -0.2) is 173 Å². The molecule has 16 heteroatoms. The Kier molecular flexibility index (Phi) is 29.6. The number of ether oxygens (including phenoxy) is 1. The van der Waals surface area contributed by atoms with Crippen LogP contribution in [-0.2, 0) is 9.53 Å². The first-order valence-electron chi connectivity index (χ1n) is 18.5. The summed E-state index contributed by atoms with van der Waals surface area (Å²) in [7, 11) is 0. The molecule has 0 aromatic rings. The van der Waals surface area contributed by atoms with E-state index in [2.05, 4.69) is 0 Å². The van der Waals surface area contributed by atoms with Crippen LogP contribution in [0.15, 0.2) is 0 Å². The molecule has 16 nitrogen and oxygen atoms in total. The van der Waals surface area contributed by atoms with Crippen LogP contribution in [0.3, 0.4) is 0 Å². The largest absolute Gasteiger partial charge is 0.463 e. The predicted molar refractivity (Wildman–Crippen MR) is 185 cm³/mol. The number of unbranched alkanes of at least 4 members (excludes halogenated alkanes) is 6. The van der Waals surface area contributed by atoms with Crippen molar-refractivity contribution in [2.75, 3.05) is 52.9 Å². The molecule has 51 heavy (non-hydrogen) atoms. The molecule has 0 saturated carbocycles. The topological polar surface area (TPSA) is 310 Å². The molecule has 0 aromatic carbocycles. The summed E-state index contributed by atoms with van der Waals surface area (Å²) < 4.78 is 5.26. The normalized spacial score (nSPS) is 19.3. The monoisotopic (exact) mass is 746 g/mol. The van der Waals surface area contributed by atoms with Gasteiger partial charge in [0, 0.05) is 0 Å². The van der Waals surface area contributed by atoms with Crippen molar-refractivity contribution in [2.24, 2.45) is 29.6 Å². The summed E-state index contributed by atoms with van der Waals surface area (Å²) in [5.41, 5.74) is 0. The number of carbonyl (C=O) groups excluding carboxylic acids is 1. The van der Waals surface area contributed by atoms with Gasteiger partial charge in [-0.1, -0.05) is 51.4 Å². The summed E-state index contributed by atoms with van der Waals surface area (Å²) in [5.74, 6) is -5.55. The number of carbonyl (C=O) groups is 1. The number of aliphatic hydroxyl groups is 14. The molecule has 0 aliphatic heterocycles. The molecule has 0 aliphatic carbocycles. The van der Waals surface area contributed by atoms with E-state index in [1.165, 1.54) is 0 Å². The van der Waals surface area contributed by atoms with Crippen molar-refractivity contribution in [3.8, 4) is 0 Å². The highest BCUT2D eigenvalue weighted by Gasteiger charge is 2.44. The van der Waals surface area contributed by atoms with Gasteiger partial charge in [-0.05, 0) is 62.2 Å². The Bertz CT molecular complexity index is 825. The van der Waals surface area contributed by atoms with Crippen molar-refractivity contribution in [3.63, 3.8) is 0 Å². The lowest BCUT2D eigenvalue weighted by Gasteiger charge is -2.43. The quantitative estimate of drug-likeness (QED) is 0.0240. The summed E-state index contributed by atoms with van der Waals surface area (Å²) in [5, 5.41) is 140. The minimum Gasteiger partial charge on any atom is -0.463 e. The van der Waals surface area contributed by atoms with Gasteiger partial charge in [0.25, 0.3) is 0 Å². The lowest BCUT2D eigenvalue weighted by molar-refractivity contribution is -0.159. The molecule has 0 aliphatic rings. The molecule has 14 N–H and O–H groups in total. The number of aliphatic hydroxyl groups excluding tert-OH is 14. The van der Waals surface area contributed by atoms with Crippen molar-refractivity contribution in [2.45, 2.75) is 133 Å². The molecule has 0 amide bonds. The van der Waals surface area contributed by atoms with E-state index >= 15 is 0 Å². The first kappa shape index (κ1) is 49.9. The molecule has 0 fully saturated rings. The fourth-order valence-electron chi connectivity index (χ4n) is 7.03. The van der Waals surface area contributed by atoms with E-state index in [9.17, 15) is 71.2 Å². The third-order valence-corrected chi connectivity index (χ3v) is 9.76. The molecule has 0 aromatic heterocycles. The van der Waals surface area contributed by atoms with E-state index in [1.54, 1.807) is 0 Å². The smallest absolute Gasteiger partial charge is 0.309 e. The molecule has 306 valence electrons. The lowest BCUT2D eigenvalue weighted by atomic mass is 9.63. The van der Waals surface area contributed by atoms with Gasteiger partial charge in [-0.25, -0.2) is 0 Å². The zero-order valence-electron chi connectivity index (χ0n) is 30.1. The van der Waals surface area contributed by atoms with Gasteiger partial charge in [0.15, 0.2) is 0 Å². The van der Waals surface area contributed by atoms with Crippen LogP contribution in [0.2, 0.25) is 0 Å². The summed E-state index contributed by atoms with van der Waals surface area (Å²) in [4.78, 5) is 13.6. The van der Waals surface area contributed by atoms with Crippen LogP contribution in [0.4, 0.5) is 0 Å². The van der Waals surface area contributed by atoms with E-state index in [1.807, 2.05) is 0 Å². The molecular formula is C35H70O16. The van der Waals surface area contributed by atoms with Gasteiger partial charge in [-0.2, -0.15) is 0 Å². The van der Waals surface area contributed by atoms with E-state index < -0.39 is 131 Å². The Hall–Kier alpha value is -1.09. The van der Waals surface area contributed by atoms with Crippen molar-refractivity contribution >= 4 is 5.97 Å². The lowest BCUT2D eigenvalue weighted by Crippen LogP contribution is -2.44. The van der Waals surface area contributed by atoms with Gasteiger partial charge in [-0.15, -0.1) is 0 Å². The molecule has 12 atom stereocenters. The van der Waals surface area contributed by atoms with Crippen LogP contribution < -0.4 is 0 Å². The number of hydrogen-bond donors (Lipinski definition) is 14. The Balaban J connectivity index is 6.74. The van der Waals surface area contributed by atoms with Crippen LogP contribution >= 0.6 is 0 Å². The number of esters is 1. The third-order valence-electron chi connectivity index (χ3n) is 9.76. The Morgan fingerprint density at radius 2 is 0.765 bits per heavy atom. The average molecular weight is 747 g/mol. The van der Waals surface area contributed by atoms with Gasteiger partial charge in [-0.3, -0.25) is 4.79 Å². The zero-order chi connectivity index (χ0) is 38.8. The molecule has 0 saturated heterocycles. The van der Waals surface area contributed by atoms with E-state index in [0.717, 1.165) is 38.5 Å². The molecule has 12 unspecified atom stereocenters. The second-order valence-corrected chi connectivity index (χ2v) is 14.1. The van der Waals surface area contributed by atoms with E-state index in [4.69, 9.17) is 9.84 Å². The minimum atomic E-state index is -1.46. The highest BCUT2D eigenvalue weighted by molar-refractivity contribution is 5.73. The summed E-state index contributed by atoms with van der Waals surface area (Å²) in [6.07, 6.45) is -3.19. The maximum absolute atomic E-state index is 13.6. The fraction of sp³-hybridized carbons (Fsp3) is 0.971. The Labute approximate surface area is 302 Å². The van der Waals surface area contributed by atoms with Crippen LogP contribution in [0.1, 0.15) is 89.9 Å². The summed E-state index contributed by atoms with van der Waals surface area (Å²) in [6.45, 7) is -5.06. The number of rotatable bonds is 34. The highest BCUT2D eigenvalue weighted by atomic mass is 16.5.